The zero-order valence-corrected chi connectivity index (χ0v) is 14.6. The molecule has 0 aliphatic rings. The van der Waals surface area contributed by atoms with Crippen LogP contribution in [0.2, 0.25) is 0 Å². The highest BCUT2D eigenvalue weighted by atomic mass is 16.5. The van der Waals surface area contributed by atoms with Gasteiger partial charge in [-0.25, -0.2) is 0 Å². The van der Waals surface area contributed by atoms with Gasteiger partial charge in [-0.3, -0.25) is 4.79 Å². The maximum atomic E-state index is 12.3. The average Bonchev–Trinajstić information content (AvgIpc) is 3.31. The molecule has 7 nitrogen and oxygen atoms in total. The first kappa shape index (κ1) is 17.9. The molecule has 0 spiro atoms. The lowest BCUT2D eigenvalue weighted by atomic mass is 10.1. The van der Waals surface area contributed by atoms with Crippen molar-refractivity contribution < 1.29 is 18.9 Å². The van der Waals surface area contributed by atoms with Crippen molar-refractivity contribution in [3.05, 3.63) is 59.7 Å². The summed E-state index contributed by atoms with van der Waals surface area (Å²) in [5, 5.41) is 17.0. The van der Waals surface area contributed by atoms with Crippen LogP contribution in [-0.2, 0) is 24.3 Å². The predicted molar refractivity (Wildman–Crippen MR) is 93.8 cm³/mol. The molecule has 3 aromatic rings. The van der Waals surface area contributed by atoms with Gasteiger partial charge in [-0.1, -0.05) is 47.6 Å². The monoisotopic (exact) mass is 355 g/mol. The SMILES string of the molecule is CCC(=O)N(Cc1cc(CCO)on1)Cc1cc(-c2ccccc2)no1. The molecule has 0 unspecified atom stereocenters. The number of hydrogen-bond acceptors (Lipinski definition) is 6. The molecular formula is C19H21N3O4. The van der Waals surface area contributed by atoms with Crippen molar-refractivity contribution in [2.24, 2.45) is 0 Å². The molecule has 26 heavy (non-hydrogen) atoms. The molecule has 0 saturated carbocycles. The van der Waals surface area contributed by atoms with Crippen LogP contribution in [0.3, 0.4) is 0 Å². The summed E-state index contributed by atoms with van der Waals surface area (Å²) in [5.41, 5.74) is 2.33. The van der Waals surface area contributed by atoms with E-state index in [0.29, 0.717) is 43.1 Å². The molecular weight excluding hydrogens is 334 g/mol. The number of amides is 1. The van der Waals surface area contributed by atoms with Crippen LogP contribution >= 0.6 is 0 Å². The third-order valence-corrected chi connectivity index (χ3v) is 3.95. The minimum Gasteiger partial charge on any atom is -0.396 e. The Kier molecular flexibility index (Phi) is 5.80. The summed E-state index contributed by atoms with van der Waals surface area (Å²) >= 11 is 0. The first-order chi connectivity index (χ1) is 12.7. The van der Waals surface area contributed by atoms with Gasteiger partial charge in [0.25, 0.3) is 0 Å². The van der Waals surface area contributed by atoms with Crippen LogP contribution in [0.15, 0.2) is 51.5 Å². The van der Waals surface area contributed by atoms with Crippen molar-refractivity contribution in [2.75, 3.05) is 6.61 Å². The molecule has 0 fully saturated rings. The van der Waals surface area contributed by atoms with Crippen molar-refractivity contribution in [1.29, 1.82) is 0 Å². The molecule has 1 aromatic carbocycles. The summed E-state index contributed by atoms with van der Waals surface area (Å²) in [6.45, 7) is 2.41. The Morgan fingerprint density at radius 1 is 1.08 bits per heavy atom. The smallest absolute Gasteiger partial charge is 0.223 e. The van der Waals surface area contributed by atoms with Gasteiger partial charge in [0.05, 0.1) is 19.7 Å². The summed E-state index contributed by atoms with van der Waals surface area (Å²) in [6.07, 6.45) is 0.776. The van der Waals surface area contributed by atoms with E-state index in [1.54, 1.807) is 11.0 Å². The van der Waals surface area contributed by atoms with E-state index in [0.717, 1.165) is 11.3 Å². The summed E-state index contributed by atoms with van der Waals surface area (Å²) in [6, 6.07) is 13.3. The predicted octanol–water partition coefficient (Wildman–Crippen LogP) is 2.80. The molecule has 2 aromatic heterocycles. The maximum absolute atomic E-state index is 12.3. The van der Waals surface area contributed by atoms with Crippen LogP contribution < -0.4 is 0 Å². The van der Waals surface area contributed by atoms with Gasteiger partial charge in [0.2, 0.25) is 5.91 Å². The van der Waals surface area contributed by atoms with Crippen LogP contribution in [-0.4, -0.2) is 32.8 Å². The van der Waals surface area contributed by atoms with Crippen LogP contribution in [0.25, 0.3) is 11.3 Å². The van der Waals surface area contributed by atoms with E-state index in [1.807, 2.05) is 43.3 Å². The van der Waals surface area contributed by atoms with Crippen molar-refractivity contribution >= 4 is 5.91 Å². The van der Waals surface area contributed by atoms with Crippen molar-refractivity contribution in [2.45, 2.75) is 32.9 Å². The Morgan fingerprint density at radius 3 is 2.58 bits per heavy atom. The lowest BCUT2D eigenvalue weighted by Crippen LogP contribution is -2.29. The topological polar surface area (TPSA) is 92.6 Å². The molecule has 0 atom stereocenters. The standard InChI is InChI=1S/C19H21N3O4/c1-2-19(24)22(12-15-10-16(8-9-23)25-20-15)13-17-11-18(21-26-17)14-6-4-3-5-7-14/h3-7,10-11,23H,2,8-9,12-13H2,1H3. The molecule has 0 aliphatic carbocycles. The van der Waals surface area contributed by atoms with Gasteiger partial charge in [0.15, 0.2) is 5.76 Å². The number of rotatable bonds is 8. The number of aliphatic hydroxyl groups excluding tert-OH is 1. The molecule has 1 N–H and O–H groups in total. The van der Waals surface area contributed by atoms with Gasteiger partial charge >= 0.3 is 0 Å². The summed E-state index contributed by atoms with van der Waals surface area (Å²) in [4.78, 5) is 13.9. The Bertz CT molecular complexity index is 841. The second kappa shape index (κ2) is 8.44. The second-order valence-electron chi connectivity index (χ2n) is 5.91. The van der Waals surface area contributed by atoms with E-state index in [4.69, 9.17) is 14.2 Å². The number of carbonyl (C=O) groups excluding carboxylic acids is 1. The van der Waals surface area contributed by atoms with Crippen LogP contribution in [0.1, 0.15) is 30.6 Å². The number of benzene rings is 1. The molecule has 3 rings (SSSR count). The van der Waals surface area contributed by atoms with Gasteiger partial charge in [0, 0.05) is 30.5 Å². The van der Waals surface area contributed by atoms with E-state index in [9.17, 15) is 4.79 Å². The molecule has 1 amide bonds. The van der Waals surface area contributed by atoms with Crippen LogP contribution in [0.4, 0.5) is 0 Å². The maximum Gasteiger partial charge on any atom is 0.223 e. The quantitative estimate of drug-likeness (QED) is 0.668. The van der Waals surface area contributed by atoms with Gasteiger partial charge in [0.1, 0.15) is 17.1 Å². The summed E-state index contributed by atoms with van der Waals surface area (Å²) in [5.74, 6) is 1.18. The third-order valence-electron chi connectivity index (χ3n) is 3.95. The zero-order chi connectivity index (χ0) is 18.4. The summed E-state index contributed by atoms with van der Waals surface area (Å²) in [7, 11) is 0. The second-order valence-corrected chi connectivity index (χ2v) is 5.91. The largest absolute Gasteiger partial charge is 0.396 e. The van der Waals surface area contributed by atoms with E-state index >= 15 is 0 Å². The van der Waals surface area contributed by atoms with Gasteiger partial charge in [-0.2, -0.15) is 0 Å². The van der Waals surface area contributed by atoms with Gasteiger partial charge in [-0.05, 0) is 0 Å². The normalized spacial score (nSPS) is 10.8. The van der Waals surface area contributed by atoms with E-state index < -0.39 is 0 Å². The van der Waals surface area contributed by atoms with E-state index in [-0.39, 0.29) is 12.5 Å². The minimum atomic E-state index is -0.0191. The first-order valence-electron chi connectivity index (χ1n) is 8.53. The Labute approximate surface area is 151 Å². The van der Waals surface area contributed by atoms with Gasteiger partial charge in [-0.15, -0.1) is 0 Å². The van der Waals surface area contributed by atoms with E-state index in [1.165, 1.54) is 0 Å². The average molecular weight is 355 g/mol. The number of aromatic nitrogens is 2. The fourth-order valence-corrected chi connectivity index (χ4v) is 2.63. The molecule has 136 valence electrons. The fraction of sp³-hybridized carbons (Fsp3) is 0.316. The molecule has 0 aliphatic heterocycles. The Hall–Kier alpha value is -2.93. The van der Waals surface area contributed by atoms with Crippen LogP contribution in [0, 0.1) is 0 Å². The van der Waals surface area contributed by atoms with Gasteiger partial charge < -0.3 is 19.1 Å². The highest BCUT2D eigenvalue weighted by molar-refractivity contribution is 5.75. The van der Waals surface area contributed by atoms with Crippen LogP contribution in [0.5, 0.6) is 0 Å². The lowest BCUT2D eigenvalue weighted by molar-refractivity contribution is -0.132. The molecule has 2 heterocycles. The lowest BCUT2D eigenvalue weighted by Gasteiger charge is -2.19. The molecule has 0 saturated heterocycles. The number of hydrogen-bond donors (Lipinski definition) is 1. The number of carbonyl (C=O) groups is 1. The Balaban J connectivity index is 1.72. The molecule has 0 bridgehead atoms. The molecule has 0 radical (unpaired) electrons. The minimum absolute atomic E-state index is 0.00738. The summed E-state index contributed by atoms with van der Waals surface area (Å²) < 4.78 is 10.6. The number of nitrogens with zero attached hydrogens (tertiary/aromatic N) is 3. The highest BCUT2D eigenvalue weighted by Crippen LogP contribution is 2.20. The van der Waals surface area contributed by atoms with Crippen molar-refractivity contribution in [3.63, 3.8) is 0 Å². The fourth-order valence-electron chi connectivity index (χ4n) is 2.63. The Morgan fingerprint density at radius 2 is 1.85 bits per heavy atom. The first-order valence-corrected chi connectivity index (χ1v) is 8.53. The van der Waals surface area contributed by atoms with Crippen molar-refractivity contribution in [1.82, 2.24) is 15.2 Å². The van der Waals surface area contributed by atoms with E-state index in [2.05, 4.69) is 10.3 Å². The highest BCUT2D eigenvalue weighted by Gasteiger charge is 2.18. The van der Waals surface area contributed by atoms with Crippen molar-refractivity contribution in [3.8, 4) is 11.3 Å². The number of aliphatic hydroxyl groups is 1. The molecule has 7 heteroatoms. The third kappa shape index (κ3) is 4.37. The zero-order valence-electron chi connectivity index (χ0n) is 14.6.